The van der Waals surface area contributed by atoms with Crippen molar-refractivity contribution in [1.29, 1.82) is 0 Å². The lowest BCUT2D eigenvalue weighted by atomic mass is 10.2. The molecular weight excluding hydrogens is 320 g/mol. The molecule has 25 heavy (non-hydrogen) atoms. The van der Waals surface area contributed by atoms with E-state index in [4.69, 9.17) is 5.73 Å². The van der Waals surface area contributed by atoms with Crippen LogP contribution in [0.25, 0.3) is 0 Å². The van der Waals surface area contributed by atoms with Gasteiger partial charge in [0.2, 0.25) is 5.95 Å². The van der Waals surface area contributed by atoms with Gasteiger partial charge < -0.3 is 5.73 Å². The molecule has 3 rings (SSSR count). The minimum Gasteiger partial charge on any atom is -0.326 e. The first-order valence-corrected chi connectivity index (χ1v) is 8.45. The van der Waals surface area contributed by atoms with Crippen LogP contribution >= 0.6 is 0 Å². The Hall–Kier alpha value is -2.58. The van der Waals surface area contributed by atoms with Crippen molar-refractivity contribution in [3.63, 3.8) is 0 Å². The van der Waals surface area contributed by atoms with Gasteiger partial charge in [0.05, 0.1) is 10.6 Å². The number of anilines is 2. The predicted molar refractivity (Wildman–Crippen MR) is 95.4 cm³/mol. The lowest BCUT2D eigenvalue weighted by Crippen LogP contribution is -2.40. The molecule has 8 heteroatoms. The molecule has 1 aromatic heterocycles. The number of nitrogens with zero attached hydrogens (tertiary/aromatic N) is 5. The number of non-ortho nitro benzene ring substituents is 1. The second-order valence-corrected chi connectivity index (χ2v) is 6.15. The third kappa shape index (κ3) is 3.92. The first-order chi connectivity index (χ1) is 12.1. The van der Waals surface area contributed by atoms with Gasteiger partial charge in [-0.1, -0.05) is 19.4 Å². The number of nitrogens with two attached hydrogens (primary N) is 1. The summed E-state index contributed by atoms with van der Waals surface area (Å²) in [6.07, 6.45) is 4.44. The molecule has 0 unspecified atom stereocenters. The summed E-state index contributed by atoms with van der Waals surface area (Å²) in [4.78, 5) is 19.8. The van der Waals surface area contributed by atoms with Gasteiger partial charge in [-0.25, -0.2) is 20.0 Å². The molecule has 0 bridgehead atoms. The molecule has 2 N–H and O–H groups in total. The van der Waals surface area contributed by atoms with E-state index in [0.717, 1.165) is 31.5 Å². The maximum absolute atomic E-state index is 11.1. The van der Waals surface area contributed by atoms with E-state index >= 15 is 0 Å². The fourth-order valence-corrected chi connectivity index (χ4v) is 2.98. The van der Waals surface area contributed by atoms with Crippen LogP contribution < -0.4 is 10.7 Å². The second-order valence-electron chi connectivity index (χ2n) is 6.15. The molecule has 1 aromatic carbocycles. The van der Waals surface area contributed by atoms with Crippen LogP contribution in [0, 0.1) is 10.1 Å². The lowest BCUT2D eigenvalue weighted by molar-refractivity contribution is -0.384. The van der Waals surface area contributed by atoms with Crippen LogP contribution in [0.15, 0.2) is 36.5 Å². The minimum atomic E-state index is -0.397. The number of hydrogen-bond acceptors (Lipinski definition) is 7. The van der Waals surface area contributed by atoms with Crippen molar-refractivity contribution in [2.24, 2.45) is 5.73 Å². The predicted octanol–water partition coefficient (Wildman–Crippen LogP) is 2.42. The first-order valence-electron chi connectivity index (χ1n) is 8.45. The van der Waals surface area contributed by atoms with Gasteiger partial charge in [-0.2, -0.15) is 0 Å². The summed E-state index contributed by atoms with van der Waals surface area (Å²) in [5, 5.41) is 15.0. The van der Waals surface area contributed by atoms with Gasteiger partial charge in [-0.15, -0.1) is 0 Å². The monoisotopic (exact) mass is 342 g/mol. The minimum absolute atomic E-state index is 0.0377. The van der Waals surface area contributed by atoms with Gasteiger partial charge in [-0.3, -0.25) is 10.1 Å². The third-order valence-corrected chi connectivity index (χ3v) is 4.17. The fraction of sp³-hybridized carbons (Fsp3) is 0.412. The molecule has 2 aromatic rings. The molecule has 1 aliphatic heterocycles. The maximum atomic E-state index is 11.1. The smallest absolute Gasteiger partial charge is 0.271 e. The van der Waals surface area contributed by atoms with Crippen molar-refractivity contribution in [1.82, 2.24) is 15.0 Å². The van der Waals surface area contributed by atoms with E-state index in [1.54, 1.807) is 18.3 Å². The van der Waals surface area contributed by atoms with Crippen molar-refractivity contribution >= 4 is 17.3 Å². The zero-order valence-corrected chi connectivity index (χ0v) is 14.2. The highest BCUT2D eigenvalue weighted by Gasteiger charge is 2.28. The molecule has 1 fully saturated rings. The Morgan fingerprint density at radius 3 is 2.96 bits per heavy atom. The van der Waals surface area contributed by atoms with Crippen LogP contribution in [0.4, 0.5) is 17.3 Å². The fourth-order valence-electron chi connectivity index (χ4n) is 2.98. The van der Waals surface area contributed by atoms with E-state index < -0.39 is 4.92 Å². The van der Waals surface area contributed by atoms with E-state index in [2.05, 4.69) is 21.9 Å². The third-order valence-electron chi connectivity index (χ3n) is 4.17. The lowest BCUT2D eigenvalue weighted by Gasteiger charge is -2.31. The SMILES string of the molecule is CCCc1ccnc(N(c2cccc([N+](=O)[O-])c2)N2CC[C@H](N)C2)n1. The summed E-state index contributed by atoms with van der Waals surface area (Å²) in [6, 6.07) is 8.48. The quantitative estimate of drug-likeness (QED) is 0.635. The normalized spacial score (nSPS) is 17.6. The molecule has 0 radical (unpaired) electrons. The van der Waals surface area contributed by atoms with Crippen LogP contribution in [-0.2, 0) is 6.42 Å². The number of hydrazine groups is 1. The van der Waals surface area contributed by atoms with Crippen LogP contribution in [0.3, 0.4) is 0 Å². The maximum Gasteiger partial charge on any atom is 0.271 e. The molecule has 132 valence electrons. The van der Waals surface area contributed by atoms with E-state index in [9.17, 15) is 10.1 Å². The molecule has 0 saturated carbocycles. The average Bonchev–Trinajstić information content (AvgIpc) is 3.02. The van der Waals surface area contributed by atoms with Gasteiger partial charge in [0, 0.05) is 43.2 Å². The van der Waals surface area contributed by atoms with E-state index in [0.29, 0.717) is 18.2 Å². The first kappa shape index (κ1) is 17.2. The van der Waals surface area contributed by atoms with E-state index in [1.165, 1.54) is 6.07 Å². The molecule has 0 amide bonds. The van der Waals surface area contributed by atoms with Crippen LogP contribution in [0.5, 0.6) is 0 Å². The number of hydrogen-bond donors (Lipinski definition) is 1. The number of aryl methyl sites for hydroxylation is 1. The van der Waals surface area contributed by atoms with Crippen LogP contribution in [-0.4, -0.2) is 39.0 Å². The molecule has 1 aliphatic rings. The van der Waals surface area contributed by atoms with Gasteiger partial charge in [0.1, 0.15) is 0 Å². The number of nitro groups is 1. The Kier molecular flexibility index (Phi) is 5.20. The number of rotatable bonds is 6. The van der Waals surface area contributed by atoms with Gasteiger partial charge >= 0.3 is 0 Å². The van der Waals surface area contributed by atoms with E-state index in [-0.39, 0.29) is 11.7 Å². The summed E-state index contributed by atoms with van der Waals surface area (Å²) in [5.41, 5.74) is 7.71. The summed E-state index contributed by atoms with van der Waals surface area (Å²) >= 11 is 0. The van der Waals surface area contributed by atoms with Crippen molar-refractivity contribution in [3.05, 3.63) is 52.3 Å². The average molecular weight is 342 g/mol. The largest absolute Gasteiger partial charge is 0.326 e. The Morgan fingerprint density at radius 2 is 2.28 bits per heavy atom. The van der Waals surface area contributed by atoms with Crippen molar-refractivity contribution in [2.75, 3.05) is 18.1 Å². The number of aromatic nitrogens is 2. The zero-order valence-electron chi connectivity index (χ0n) is 14.2. The summed E-state index contributed by atoms with van der Waals surface area (Å²) < 4.78 is 0. The van der Waals surface area contributed by atoms with Gasteiger partial charge in [0.15, 0.2) is 0 Å². The molecule has 1 saturated heterocycles. The Labute approximate surface area is 146 Å². The number of benzene rings is 1. The van der Waals surface area contributed by atoms with E-state index in [1.807, 2.05) is 17.1 Å². The van der Waals surface area contributed by atoms with Crippen LogP contribution in [0.2, 0.25) is 0 Å². The standard InChI is InChI=1S/C17H22N6O2/c1-2-4-14-7-9-19-17(20-14)22(21-10-8-13(18)12-21)15-5-3-6-16(11-15)23(24)25/h3,5-7,9,11,13H,2,4,8,10,12,18H2,1H3/t13-/m0/s1. The Bertz CT molecular complexity index is 753. The number of nitro benzene ring substituents is 1. The summed E-state index contributed by atoms with van der Waals surface area (Å²) in [6.45, 7) is 3.51. The zero-order chi connectivity index (χ0) is 17.8. The molecule has 0 spiro atoms. The molecule has 2 heterocycles. The second kappa shape index (κ2) is 7.54. The molecule has 8 nitrogen and oxygen atoms in total. The Balaban J connectivity index is 2.02. The highest BCUT2D eigenvalue weighted by Crippen LogP contribution is 2.29. The Morgan fingerprint density at radius 1 is 1.44 bits per heavy atom. The molecular formula is C17H22N6O2. The van der Waals surface area contributed by atoms with Crippen molar-refractivity contribution < 1.29 is 4.92 Å². The van der Waals surface area contributed by atoms with Crippen molar-refractivity contribution in [2.45, 2.75) is 32.2 Å². The highest BCUT2D eigenvalue weighted by molar-refractivity contribution is 5.59. The summed E-state index contributed by atoms with van der Waals surface area (Å²) in [5.74, 6) is 0.514. The summed E-state index contributed by atoms with van der Waals surface area (Å²) in [7, 11) is 0. The van der Waals surface area contributed by atoms with Crippen molar-refractivity contribution in [3.8, 4) is 0 Å². The van der Waals surface area contributed by atoms with Gasteiger partial charge in [0.25, 0.3) is 5.69 Å². The van der Waals surface area contributed by atoms with Gasteiger partial charge in [-0.05, 0) is 25.0 Å². The topological polar surface area (TPSA) is 101 Å². The van der Waals surface area contributed by atoms with Crippen LogP contribution in [0.1, 0.15) is 25.5 Å². The highest BCUT2D eigenvalue weighted by atomic mass is 16.6. The molecule has 0 aliphatic carbocycles. The molecule has 1 atom stereocenters.